The summed E-state index contributed by atoms with van der Waals surface area (Å²) in [6.07, 6.45) is 0. The maximum absolute atomic E-state index is 5.76. The predicted molar refractivity (Wildman–Crippen MR) is 85.2 cm³/mol. The molecule has 1 aromatic carbocycles. The number of aryl methyl sites for hydroxylation is 1. The summed E-state index contributed by atoms with van der Waals surface area (Å²) in [5.74, 6) is 1.27. The van der Waals surface area contributed by atoms with Gasteiger partial charge in [-0.25, -0.2) is 0 Å². The van der Waals surface area contributed by atoms with Crippen LogP contribution >= 0.6 is 0 Å². The summed E-state index contributed by atoms with van der Waals surface area (Å²) >= 11 is 0. The standard InChI is InChI=1S/C15H25OSSi/c1-13-7-5-6-8-14(13)15-11-16-9-10-17(15)12-18(2,3)4/h5-8,15H,9-12H2,1-4H3/q+1/t15-,17?/m1/s1. The molecular formula is C15H25OSSi+. The number of ether oxygens (including phenoxy) is 1. The molecule has 0 saturated carbocycles. The van der Waals surface area contributed by atoms with Gasteiger partial charge in [-0.05, 0) is 23.4 Å². The van der Waals surface area contributed by atoms with Crippen molar-refractivity contribution in [3.63, 3.8) is 0 Å². The number of hydrogen-bond donors (Lipinski definition) is 0. The van der Waals surface area contributed by atoms with Crippen molar-refractivity contribution in [2.45, 2.75) is 31.8 Å². The Labute approximate surface area is 115 Å². The maximum atomic E-state index is 5.76. The minimum atomic E-state index is -0.980. The van der Waals surface area contributed by atoms with Crippen LogP contribution in [0, 0.1) is 6.92 Å². The van der Waals surface area contributed by atoms with E-state index in [0.29, 0.717) is 16.1 Å². The first-order valence-corrected chi connectivity index (χ1v) is 12.1. The van der Waals surface area contributed by atoms with Crippen molar-refractivity contribution in [3.8, 4) is 0 Å². The summed E-state index contributed by atoms with van der Waals surface area (Å²) in [5.41, 5.74) is 2.96. The lowest BCUT2D eigenvalue weighted by Crippen LogP contribution is -2.41. The van der Waals surface area contributed by atoms with Gasteiger partial charge in [0.05, 0.1) is 18.6 Å². The van der Waals surface area contributed by atoms with Gasteiger partial charge in [-0.2, -0.15) is 0 Å². The molecule has 1 aliphatic rings. The topological polar surface area (TPSA) is 9.23 Å². The van der Waals surface area contributed by atoms with E-state index >= 15 is 0 Å². The molecule has 1 fully saturated rings. The fraction of sp³-hybridized carbons (Fsp3) is 0.600. The van der Waals surface area contributed by atoms with E-state index in [-0.39, 0.29) is 0 Å². The second kappa shape index (κ2) is 5.80. The molecule has 1 saturated heterocycles. The lowest BCUT2D eigenvalue weighted by atomic mass is 10.1. The highest BCUT2D eigenvalue weighted by Gasteiger charge is 2.39. The molecule has 18 heavy (non-hydrogen) atoms. The zero-order chi connectivity index (χ0) is 13.2. The average Bonchev–Trinajstić information content (AvgIpc) is 2.29. The minimum Gasteiger partial charge on any atom is -0.371 e. The predicted octanol–water partition coefficient (Wildman–Crippen LogP) is 3.56. The fourth-order valence-electron chi connectivity index (χ4n) is 2.54. The molecule has 1 unspecified atom stereocenters. The van der Waals surface area contributed by atoms with Gasteiger partial charge in [0.25, 0.3) is 0 Å². The Hall–Kier alpha value is -0.253. The lowest BCUT2D eigenvalue weighted by Gasteiger charge is -2.28. The van der Waals surface area contributed by atoms with Crippen molar-refractivity contribution in [1.29, 1.82) is 0 Å². The highest BCUT2D eigenvalue weighted by atomic mass is 32.2. The van der Waals surface area contributed by atoms with Crippen molar-refractivity contribution in [3.05, 3.63) is 35.4 Å². The van der Waals surface area contributed by atoms with Gasteiger partial charge in [0.1, 0.15) is 13.8 Å². The number of rotatable bonds is 3. The van der Waals surface area contributed by atoms with Crippen LogP contribution < -0.4 is 0 Å². The molecular weight excluding hydrogens is 256 g/mol. The van der Waals surface area contributed by atoms with E-state index in [4.69, 9.17) is 4.74 Å². The summed E-state index contributed by atoms with van der Waals surface area (Å²) in [6.45, 7) is 11.6. The SMILES string of the molecule is Cc1ccccc1[C@H]1COCC[S+]1C[Si](C)(C)C. The van der Waals surface area contributed by atoms with Gasteiger partial charge in [-0.15, -0.1) is 0 Å². The Balaban J connectivity index is 2.20. The van der Waals surface area contributed by atoms with Gasteiger partial charge < -0.3 is 4.74 Å². The molecule has 0 aromatic heterocycles. The molecule has 3 heteroatoms. The Morgan fingerprint density at radius 1 is 1.28 bits per heavy atom. The van der Waals surface area contributed by atoms with Crippen LogP contribution in [0.4, 0.5) is 0 Å². The van der Waals surface area contributed by atoms with Crippen molar-refractivity contribution < 1.29 is 4.74 Å². The monoisotopic (exact) mass is 281 g/mol. The second-order valence-electron chi connectivity index (χ2n) is 6.37. The Morgan fingerprint density at radius 2 is 2.00 bits per heavy atom. The van der Waals surface area contributed by atoms with Gasteiger partial charge >= 0.3 is 0 Å². The smallest absolute Gasteiger partial charge is 0.166 e. The minimum absolute atomic E-state index is 0.524. The normalized spacial score (nSPS) is 25.1. The van der Waals surface area contributed by atoms with E-state index in [1.165, 1.54) is 22.3 Å². The Morgan fingerprint density at radius 3 is 2.67 bits per heavy atom. The molecule has 2 rings (SSSR count). The first kappa shape index (κ1) is 14.2. The first-order valence-electron chi connectivity index (χ1n) is 6.77. The molecule has 0 spiro atoms. The third kappa shape index (κ3) is 3.62. The van der Waals surface area contributed by atoms with Gasteiger partial charge in [0.2, 0.25) is 0 Å². The zero-order valence-electron chi connectivity index (χ0n) is 12.0. The third-order valence-electron chi connectivity index (χ3n) is 3.32. The Bertz CT molecular complexity index is 400. The highest BCUT2D eigenvalue weighted by molar-refractivity contribution is 7.98. The molecule has 1 aliphatic heterocycles. The molecule has 0 amide bonds. The summed E-state index contributed by atoms with van der Waals surface area (Å²) in [6, 6.07) is 8.85. The molecule has 1 nitrogen and oxygen atoms in total. The van der Waals surface area contributed by atoms with Crippen molar-refractivity contribution in [2.75, 3.05) is 24.3 Å². The van der Waals surface area contributed by atoms with Crippen LogP contribution in [0.1, 0.15) is 16.4 Å². The quantitative estimate of drug-likeness (QED) is 0.608. The largest absolute Gasteiger partial charge is 0.371 e. The summed E-state index contributed by atoms with van der Waals surface area (Å²) in [5, 5.41) is 2.10. The highest BCUT2D eigenvalue weighted by Crippen LogP contribution is 2.32. The molecule has 1 aromatic rings. The number of hydrogen-bond acceptors (Lipinski definition) is 1. The number of benzene rings is 1. The van der Waals surface area contributed by atoms with Crippen LogP contribution in [-0.4, -0.2) is 32.4 Å². The summed E-state index contributed by atoms with van der Waals surface area (Å²) in [7, 11) is -0.456. The van der Waals surface area contributed by atoms with Crippen LogP contribution in [0.5, 0.6) is 0 Å². The summed E-state index contributed by atoms with van der Waals surface area (Å²) in [4.78, 5) is 0. The van der Waals surface area contributed by atoms with Crippen molar-refractivity contribution in [1.82, 2.24) is 0 Å². The van der Waals surface area contributed by atoms with Crippen LogP contribution in [0.15, 0.2) is 24.3 Å². The van der Waals surface area contributed by atoms with E-state index in [1.54, 1.807) is 0 Å². The van der Waals surface area contributed by atoms with Gasteiger partial charge in [-0.3, -0.25) is 0 Å². The van der Waals surface area contributed by atoms with Gasteiger partial charge in [0, 0.05) is 5.56 Å². The third-order valence-corrected chi connectivity index (χ3v) is 10.1. The van der Waals surface area contributed by atoms with E-state index < -0.39 is 8.07 Å². The molecule has 0 bridgehead atoms. The van der Waals surface area contributed by atoms with Crippen LogP contribution in [0.25, 0.3) is 0 Å². The molecule has 1 heterocycles. The maximum Gasteiger partial charge on any atom is 0.166 e. The van der Waals surface area contributed by atoms with E-state index in [1.807, 2.05) is 0 Å². The molecule has 100 valence electrons. The summed E-state index contributed by atoms with van der Waals surface area (Å²) < 4.78 is 5.76. The van der Waals surface area contributed by atoms with Crippen LogP contribution in [0.3, 0.4) is 0 Å². The van der Waals surface area contributed by atoms with E-state index in [9.17, 15) is 0 Å². The Kier molecular flexibility index (Phi) is 4.57. The van der Waals surface area contributed by atoms with E-state index in [2.05, 4.69) is 50.8 Å². The lowest BCUT2D eigenvalue weighted by molar-refractivity contribution is 0.142. The van der Waals surface area contributed by atoms with E-state index in [0.717, 1.165) is 13.2 Å². The van der Waals surface area contributed by atoms with Crippen LogP contribution in [0.2, 0.25) is 19.6 Å². The van der Waals surface area contributed by atoms with Gasteiger partial charge in [0.15, 0.2) is 5.25 Å². The zero-order valence-corrected chi connectivity index (χ0v) is 13.8. The van der Waals surface area contributed by atoms with Crippen molar-refractivity contribution in [2.24, 2.45) is 0 Å². The second-order valence-corrected chi connectivity index (χ2v) is 14.7. The molecule has 2 atom stereocenters. The molecule has 0 N–H and O–H groups in total. The van der Waals surface area contributed by atoms with Crippen LogP contribution in [-0.2, 0) is 15.6 Å². The fourth-order valence-corrected chi connectivity index (χ4v) is 9.90. The molecule has 0 aliphatic carbocycles. The van der Waals surface area contributed by atoms with Gasteiger partial charge in [-0.1, -0.05) is 43.9 Å². The first-order chi connectivity index (χ1) is 8.47. The molecule has 0 radical (unpaired) electrons. The average molecular weight is 282 g/mol. The van der Waals surface area contributed by atoms with Crippen molar-refractivity contribution >= 4 is 19.0 Å².